The van der Waals surface area contributed by atoms with Crippen LogP contribution >= 0.6 is 0 Å². The van der Waals surface area contributed by atoms with Gasteiger partial charge in [-0.1, -0.05) is 26.0 Å². The molecule has 5 nitrogen and oxygen atoms in total. The topological polar surface area (TPSA) is 74.8 Å². The highest BCUT2D eigenvalue weighted by atomic mass is 16.2. The van der Waals surface area contributed by atoms with Crippen LogP contribution in [-0.2, 0) is 0 Å². The number of aromatic nitrogens is 2. The lowest BCUT2D eigenvalue weighted by Gasteiger charge is -2.65. The summed E-state index contributed by atoms with van der Waals surface area (Å²) in [7, 11) is 0. The molecule has 4 fully saturated rings. The van der Waals surface area contributed by atoms with E-state index in [-0.39, 0.29) is 22.6 Å². The second-order valence-corrected chi connectivity index (χ2v) is 9.81. The van der Waals surface area contributed by atoms with Crippen LogP contribution in [0.4, 0.5) is 0 Å². The number of nitrogens with zero attached hydrogens (tertiary/aromatic N) is 1. The highest BCUT2D eigenvalue weighted by Gasteiger charge is 2.60. The first kappa shape index (κ1) is 16.0. The van der Waals surface area contributed by atoms with Gasteiger partial charge in [-0.05, 0) is 67.4 Å². The Hall–Kier alpha value is -2.17. The number of carbonyl (C=O) groups is 1. The van der Waals surface area contributed by atoms with Crippen LogP contribution in [0.3, 0.4) is 0 Å². The van der Waals surface area contributed by atoms with Crippen LogP contribution in [0.2, 0.25) is 0 Å². The smallest absolute Gasteiger partial charge is 0.276 e. The van der Waals surface area contributed by atoms with Crippen molar-refractivity contribution in [2.24, 2.45) is 16.7 Å². The number of para-hydroxylation sites is 1. The molecule has 0 saturated heterocycles. The van der Waals surface area contributed by atoms with Gasteiger partial charge in [0.15, 0.2) is 5.69 Å². The fraction of sp³-hybridized carbons (Fsp3) is 0.571. The minimum atomic E-state index is -0.328. The lowest BCUT2D eigenvalue weighted by atomic mass is 9.43. The third kappa shape index (κ3) is 2.32. The van der Waals surface area contributed by atoms with E-state index in [0.717, 1.165) is 19.3 Å². The van der Waals surface area contributed by atoms with Crippen LogP contribution in [0.25, 0.3) is 10.9 Å². The van der Waals surface area contributed by atoms with Crippen LogP contribution in [0, 0.1) is 16.7 Å². The highest BCUT2D eigenvalue weighted by molar-refractivity contribution is 5.95. The second kappa shape index (κ2) is 4.96. The van der Waals surface area contributed by atoms with Gasteiger partial charge in [-0.3, -0.25) is 14.7 Å². The lowest BCUT2D eigenvalue weighted by Crippen LogP contribution is -2.65. The Kier molecular flexibility index (Phi) is 3.06. The largest absolute Gasteiger partial charge is 0.345 e. The van der Waals surface area contributed by atoms with Gasteiger partial charge in [0, 0.05) is 10.9 Å². The number of H-pyrrole nitrogens is 1. The maximum absolute atomic E-state index is 13.0. The molecule has 0 aliphatic heterocycles. The molecule has 1 amide bonds. The molecule has 5 heteroatoms. The summed E-state index contributed by atoms with van der Waals surface area (Å²) in [5, 5.41) is 10.7. The van der Waals surface area contributed by atoms with Gasteiger partial charge in [-0.25, -0.2) is 0 Å². The van der Waals surface area contributed by atoms with Crippen molar-refractivity contribution in [3.05, 3.63) is 40.2 Å². The normalized spacial score (nSPS) is 37.8. The third-order valence-corrected chi connectivity index (χ3v) is 6.89. The second-order valence-electron chi connectivity index (χ2n) is 9.81. The van der Waals surface area contributed by atoms with Gasteiger partial charge >= 0.3 is 0 Å². The Morgan fingerprint density at radius 3 is 2.50 bits per heavy atom. The van der Waals surface area contributed by atoms with E-state index in [4.69, 9.17) is 0 Å². The zero-order chi connectivity index (χ0) is 18.2. The first-order valence-corrected chi connectivity index (χ1v) is 9.59. The molecule has 4 aliphatic carbocycles. The minimum absolute atomic E-state index is 0.0187. The van der Waals surface area contributed by atoms with E-state index in [1.54, 1.807) is 18.2 Å². The summed E-state index contributed by atoms with van der Waals surface area (Å²) in [6, 6.07) is 7.18. The third-order valence-electron chi connectivity index (χ3n) is 6.89. The SMILES string of the molecule is C[C@]12CC3CC(NC(=O)c4n[nH]c5ccccc5c4=O)(C1)C[C@@](C)(C3)C2. The zero-order valence-electron chi connectivity index (χ0n) is 15.4. The van der Waals surface area contributed by atoms with Crippen LogP contribution in [0.15, 0.2) is 29.1 Å². The zero-order valence-corrected chi connectivity index (χ0v) is 15.4. The van der Waals surface area contributed by atoms with E-state index >= 15 is 0 Å². The van der Waals surface area contributed by atoms with E-state index in [2.05, 4.69) is 29.4 Å². The minimum Gasteiger partial charge on any atom is -0.345 e. The van der Waals surface area contributed by atoms with Crippen molar-refractivity contribution in [3.8, 4) is 0 Å². The fourth-order valence-electron chi connectivity index (χ4n) is 7.11. The van der Waals surface area contributed by atoms with Gasteiger partial charge in [0.2, 0.25) is 5.43 Å². The Morgan fingerprint density at radius 2 is 1.81 bits per heavy atom. The van der Waals surface area contributed by atoms with Crippen molar-refractivity contribution in [1.29, 1.82) is 0 Å². The van der Waals surface area contributed by atoms with Gasteiger partial charge in [-0.2, -0.15) is 5.10 Å². The molecule has 26 heavy (non-hydrogen) atoms. The quantitative estimate of drug-likeness (QED) is 0.871. The van der Waals surface area contributed by atoms with Crippen molar-refractivity contribution in [3.63, 3.8) is 0 Å². The van der Waals surface area contributed by atoms with Gasteiger partial charge in [-0.15, -0.1) is 0 Å². The van der Waals surface area contributed by atoms with E-state index in [1.807, 2.05) is 6.07 Å². The molecule has 4 bridgehead atoms. The first-order chi connectivity index (χ1) is 12.3. The van der Waals surface area contributed by atoms with Crippen LogP contribution in [0.5, 0.6) is 0 Å². The van der Waals surface area contributed by atoms with Crippen molar-refractivity contribution in [2.45, 2.75) is 57.9 Å². The van der Waals surface area contributed by atoms with Crippen LogP contribution in [0.1, 0.15) is 62.9 Å². The summed E-state index contributed by atoms with van der Waals surface area (Å²) >= 11 is 0. The van der Waals surface area contributed by atoms with Crippen molar-refractivity contribution >= 4 is 16.8 Å². The Bertz CT molecular complexity index is 961. The molecule has 4 saturated carbocycles. The van der Waals surface area contributed by atoms with E-state index < -0.39 is 0 Å². The maximum Gasteiger partial charge on any atom is 0.276 e. The average molecular weight is 351 g/mol. The molecule has 1 aromatic carbocycles. The predicted octanol–water partition coefficient (Wildman–Crippen LogP) is 3.40. The Balaban J connectivity index is 1.50. The molecule has 0 spiro atoms. The first-order valence-electron chi connectivity index (χ1n) is 9.59. The summed E-state index contributed by atoms with van der Waals surface area (Å²) in [6.45, 7) is 4.75. The van der Waals surface area contributed by atoms with Gasteiger partial charge in [0.1, 0.15) is 0 Å². The number of hydrogen-bond donors (Lipinski definition) is 2. The van der Waals surface area contributed by atoms with Crippen molar-refractivity contribution in [2.75, 3.05) is 0 Å². The molecule has 4 aliphatic rings. The summed E-state index contributed by atoms with van der Waals surface area (Å²) in [6.07, 6.45) is 6.87. The highest BCUT2D eigenvalue weighted by Crippen LogP contribution is 2.66. The summed E-state index contributed by atoms with van der Waals surface area (Å²) in [4.78, 5) is 25.7. The number of rotatable bonds is 2. The van der Waals surface area contributed by atoms with E-state index in [1.165, 1.54) is 19.3 Å². The molecule has 1 heterocycles. The molecular weight excluding hydrogens is 326 g/mol. The molecular formula is C21H25N3O2. The standard InChI is InChI=1S/C21H25N3O2/c1-19-7-13-8-20(2,10-19)12-21(9-13,11-19)22-18(26)16-17(25)14-5-3-4-6-15(14)23-24-16/h3-6,13H,7-12H2,1-2H3,(H,22,26)(H,23,25)/t13?,19-,20+,21?. The fourth-order valence-corrected chi connectivity index (χ4v) is 7.11. The van der Waals surface area contributed by atoms with Gasteiger partial charge in [0.05, 0.1) is 5.52 Å². The molecule has 1 aromatic heterocycles. The number of nitrogens with one attached hydrogen (secondary N) is 2. The van der Waals surface area contributed by atoms with Crippen molar-refractivity contribution in [1.82, 2.24) is 15.5 Å². The monoisotopic (exact) mass is 351 g/mol. The van der Waals surface area contributed by atoms with Gasteiger partial charge < -0.3 is 5.32 Å². The van der Waals surface area contributed by atoms with Crippen LogP contribution in [-0.4, -0.2) is 21.6 Å². The number of fused-ring (bicyclic) bond motifs is 1. The van der Waals surface area contributed by atoms with E-state index in [9.17, 15) is 9.59 Å². The molecule has 2 unspecified atom stereocenters. The lowest BCUT2D eigenvalue weighted by molar-refractivity contribution is -0.114. The Morgan fingerprint density at radius 1 is 1.12 bits per heavy atom. The Labute approximate surface area is 152 Å². The number of amides is 1. The number of hydrogen-bond acceptors (Lipinski definition) is 3. The van der Waals surface area contributed by atoms with Gasteiger partial charge in [0.25, 0.3) is 5.91 Å². The molecule has 2 aromatic rings. The number of carbonyl (C=O) groups excluding carboxylic acids is 1. The molecule has 4 atom stereocenters. The molecule has 136 valence electrons. The number of aromatic amines is 1. The van der Waals surface area contributed by atoms with Crippen molar-refractivity contribution < 1.29 is 4.79 Å². The predicted molar refractivity (Wildman–Crippen MR) is 100.0 cm³/mol. The molecule has 2 N–H and O–H groups in total. The number of benzene rings is 1. The maximum atomic E-state index is 13.0. The van der Waals surface area contributed by atoms with Crippen LogP contribution < -0.4 is 10.7 Å². The summed E-state index contributed by atoms with van der Waals surface area (Å²) < 4.78 is 0. The molecule has 6 rings (SSSR count). The van der Waals surface area contributed by atoms with E-state index in [0.29, 0.717) is 27.7 Å². The summed E-state index contributed by atoms with van der Waals surface area (Å²) in [5.41, 5.74) is 0.785. The molecule has 0 radical (unpaired) electrons. The average Bonchev–Trinajstić information content (AvgIpc) is 2.51. The summed E-state index contributed by atoms with van der Waals surface area (Å²) in [5.74, 6) is 0.357.